The molecular weight excluding hydrogens is 372 g/mol. The standard InChI is InChI=1S/C22H28N2O5/c1-11-12(2)20-16(13(3)18(11)26)6-7-22(5,29-20)21(28)24-9-17-15(10-25)8-23-14(4)19(17)27/h8,25-27H,6-7,9-10H2,1-5H3,(H,24,28). The predicted molar refractivity (Wildman–Crippen MR) is 108 cm³/mol. The molecule has 0 radical (unpaired) electrons. The second-order valence-electron chi connectivity index (χ2n) is 7.90. The first kappa shape index (κ1) is 20.9. The molecule has 0 saturated carbocycles. The maximum atomic E-state index is 13.0. The van der Waals surface area contributed by atoms with Gasteiger partial charge in [0.1, 0.15) is 17.2 Å². The van der Waals surface area contributed by atoms with Crippen LogP contribution in [0.1, 0.15) is 52.4 Å². The third kappa shape index (κ3) is 3.51. The molecule has 2 aromatic rings. The average molecular weight is 400 g/mol. The summed E-state index contributed by atoms with van der Waals surface area (Å²) in [7, 11) is 0. The molecule has 156 valence electrons. The minimum Gasteiger partial charge on any atom is -0.507 e. The Hall–Kier alpha value is -2.80. The molecule has 0 aliphatic carbocycles. The maximum absolute atomic E-state index is 13.0. The number of rotatable bonds is 4. The van der Waals surface area contributed by atoms with E-state index in [1.54, 1.807) is 13.8 Å². The van der Waals surface area contributed by atoms with Gasteiger partial charge in [-0.1, -0.05) is 0 Å². The number of aliphatic hydroxyl groups excluding tert-OH is 1. The van der Waals surface area contributed by atoms with Gasteiger partial charge in [-0.3, -0.25) is 9.78 Å². The van der Waals surface area contributed by atoms with Crippen LogP contribution < -0.4 is 10.1 Å². The smallest absolute Gasteiger partial charge is 0.264 e. The number of phenolic OH excluding ortho intramolecular Hbond substituents is 1. The number of amides is 1. The number of phenols is 1. The zero-order chi connectivity index (χ0) is 21.5. The number of aromatic nitrogens is 1. The van der Waals surface area contributed by atoms with E-state index in [9.17, 15) is 20.1 Å². The minimum absolute atomic E-state index is 0.0329. The van der Waals surface area contributed by atoms with Crippen molar-refractivity contribution in [2.45, 2.75) is 66.2 Å². The van der Waals surface area contributed by atoms with Crippen LogP contribution in [0.2, 0.25) is 0 Å². The van der Waals surface area contributed by atoms with Crippen molar-refractivity contribution in [2.75, 3.05) is 0 Å². The molecular formula is C22H28N2O5. The quantitative estimate of drug-likeness (QED) is 0.628. The van der Waals surface area contributed by atoms with E-state index < -0.39 is 5.60 Å². The Labute approximate surface area is 170 Å². The van der Waals surface area contributed by atoms with E-state index in [1.165, 1.54) is 6.20 Å². The van der Waals surface area contributed by atoms with Gasteiger partial charge in [-0.05, 0) is 57.7 Å². The number of carbonyl (C=O) groups excluding carboxylic acids is 1. The zero-order valence-electron chi connectivity index (χ0n) is 17.5. The van der Waals surface area contributed by atoms with E-state index in [2.05, 4.69) is 10.3 Å². The summed E-state index contributed by atoms with van der Waals surface area (Å²) in [5.41, 5.74) is 3.55. The molecule has 7 heteroatoms. The molecule has 0 fully saturated rings. The Morgan fingerprint density at radius 2 is 1.86 bits per heavy atom. The highest BCUT2D eigenvalue weighted by atomic mass is 16.5. The molecule has 0 spiro atoms. The third-order valence-electron chi connectivity index (χ3n) is 6.03. The first-order chi connectivity index (χ1) is 13.6. The Morgan fingerprint density at radius 1 is 1.17 bits per heavy atom. The van der Waals surface area contributed by atoms with E-state index in [0.717, 1.165) is 22.3 Å². The van der Waals surface area contributed by atoms with Gasteiger partial charge in [-0.2, -0.15) is 0 Å². The van der Waals surface area contributed by atoms with Crippen molar-refractivity contribution in [3.63, 3.8) is 0 Å². The number of aromatic hydroxyl groups is 2. The molecule has 1 amide bonds. The van der Waals surface area contributed by atoms with Crippen LogP contribution in [0.4, 0.5) is 0 Å². The molecule has 1 atom stereocenters. The van der Waals surface area contributed by atoms with Crippen LogP contribution in [0.3, 0.4) is 0 Å². The lowest BCUT2D eigenvalue weighted by molar-refractivity contribution is -0.137. The van der Waals surface area contributed by atoms with Crippen LogP contribution in [0.15, 0.2) is 6.20 Å². The van der Waals surface area contributed by atoms with Gasteiger partial charge in [0, 0.05) is 35.9 Å². The second kappa shape index (κ2) is 7.55. The number of hydrogen-bond acceptors (Lipinski definition) is 6. The number of pyridine rings is 1. The fraction of sp³-hybridized carbons (Fsp3) is 0.455. The Kier molecular flexibility index (Phi) is 5.45. The predicted octanol–water partition coefficient (Wildman–Crippen LogP) is 2.62. The minimum atomic E-state index is -1.08. The van der Waals surface area contributed by atoms with Crippen LogP contribution in [-0.2, 0) is 24.4 Å². The van der Waals surface area contributed by atoms with Crippen molar-refractivity contribution >= 4 is 5.91 Å². The molecule has 7 nitrogen and oxygen atoms in total. The first-order valence-electron chi connectivity index (χ1n) is 9.66. The van der Waals surface area contributed by atoms with Crippen molar-refractivity contribution in [1.82, 2.24) is 10.3 Å². The van der Waals surface area contributed by atoms with Gasteiger partial charge < -0.3 is 25.4 Å². The summed E-state index contributed by atoms with van der Waals surface area (Å²) in [6.45, 7) is 8.75. The molecule has 1 unspecified atom stereocenters. The van der Waals surface area contributed by atoms with Crippen molar-refractivity contribution in [1.29, 1.82) is 0 Å². The lowest BCUT2D eigenvalue weighted by atomic mass is 9.86. The van der Waals surface area contributed by atoms with Gasteiger partial charge in [0.25, 0.3) is 5.91 Å². The van der Waals surface area contributed by atoms with E-state index in [-0.39, 0.29) is 30.6 Å². The van der Waals surface area contributed by atoms with Gasteiger partial charge in [-0.25, -0.2) is 0 Å². The van der Waals surface area contributed by atoms with Crippen LogP contribution in [0.5, 0.6) is 17.2 Å². The van der Waals surface area contributed by atoms with Crippen LogP contribution >= 0.6 is 0 Å². The number of fused-ring (bicyclic) bond motifs is 1. The highest BCUT2D eigenvalue weighted by Crippen LogP contribution is 2.43. The summed E-state index contributed by atoms with van der Waals surface area (Å²) >= 11 is 0. The van der Waals surface area contributed by atoms with Crippen LogP contribution in [0.25, 0.3) is 0 Å². The van der Waals surface area contributed by atoms with Crippen molar-refractivity contribution in [3.05, 3.63) is 45.3 Å². The molecule has 29 heavy (non-hydrogen) atoms. The van der Waals surface area contributed by atoms with E-state index >= 15 is 0 Å². The van der Waals surface area contributed by atoms with E-state index in [4.69, 9.17) is 4.74 Å². The number of nitrogens with zero attached hydrogens (tertiary/aromatic N) is 1. The van der Waals surface area contributed by atoms with Gasteiger partial charge in [0.15, 0.2) is 5.60 Å². The van der Waals surface area contributed by atoms with Gasteiger partial charge in [0.05, 0.1) is 12.3 Å². The fourth-order valence-electron chi connectivity index (χ4n) is 3.78. The maximum Gasteiger partial charge on any atom is 0.264 e. The second-order valence-corrected chi connectivity index (χ2v) is 7.90. The van der Waals surface area contributed by atoms with Gasteiger partial charge >= 0.3 is 0 Å². The van der Waals surface area contributed by atoms with Crippen LogP contribution in [0, 0.1) is 27.7 Å². The number of benzene rings is 1. The number of hydrogen-bond donors (Lipinski definition) is 4. The number of nitrogens with one attached hydrogen (secondary N) is 1. The Balaban J connectivity index is 1.84. The molecule has 1 aromatic heterocycles. The molecule has 0 saturated heterocycles. The zero-order valence-corrected chi connectivity index (χ0v) is 17.5. The molecule has 3 rings (SSSR count). The first-order valence-corrected chi connectivity index (χ1v) is 9.66. The fourth-order valence-corrected chi connectivity index (χ4v) is 3.78. The molecule has 1 aliphatic rings. The Morgan fingerprint density at radius 3 is 2.52 bits per heavy atom. The highest BCUT2D eigenvalue weighted by molar-refractivity contribution is 5.86. The molecule has 1 aromatic carbocycles. The lowest BCUT2D eigenvalue weighted by Gasteiger charge is -2.36. The van der Waals surface area contributed by atoms with E-state index in [0.29, 0.717) is 35.4 Å². The van der Waals surface area contributed by atoms with Crippen LogP contribution in [-0.4, -0.2) is 31.8 Å². The van der Waals surface area contributed by atoms with Crippen molar-refractivity contribution in [2.24, 2.45) is 0 Å². The largest absolute Gasteiger partial charge is 0.507 e. The summed E-state index contributed by atoms with van der Waals surface area (Å²) in [4.78, 5) is 17.0. The number of ether oxygens (including phenoxy) is 1. The lowest BCUT2D eigenvalue weighted by Crippen LogP contribution is -2.50. The molecule has 2 heterocycles. The normalized spacial score (nSPS) is 18.1. The molecule has 0 bridgehead atoms. The highest BCUT2D eigenvalue weighted by Gasteiger charge is 2.40. The van der Waals surface area contributed by atoms with E-state index in [1.807, 2.05) is 20.8 Å². The number of aliphatic hydroxyl groups is 1. The topological polar surface area (TPSA) is 112 Å². The summed E-state index contributed by atoms with van der Waals surface area (Å²) in [6.07, 6.45) is 2.57. The third-order valence-corrected chi connectivity index (χ3v) is 6.03. The number of carbonyl (C=O) groups is 1. The van der Waals surface area contributed by atoms with Crippen molar-refractivity contribution in [3.8, 4) is 17.2 Å². The SMILES string of the molecule is Cc1ncc(CO)c(CNC(=O)C2(C)CCc3c(C)c(O)c(C)c(C)c3O2)c1O. The van der Waals surface area contributed by atoms with Crippen molar-refractivity contribution < 1.29 is 24.9 Å². The number of aryl methyl sites for hydroxylation is 1. The Bertz CT molecular complexity index is 986. The summed E-state index contributed by atoms with van der Waals surface area (Å²) in [5, 5.41) is 32.9. The molecule has 4 N–H and O–H groups in total. The average Bonchev–Trinajstić information content (AvgIpc) is 2.71. The van der Waals surface area contributed by atoms with Gasteiger partial charge in [0.2, 0.25) is 0 Å². The molecule has 1 aliphatic heterocycles. The summed E-state index contributed by atoms with van der Waals surface area (Å²) in [5.74, 6) is 0.594. The summed E-state index contributed by atoms with van der Waals surface area (Å²) < 4.78 is 6.18. The van der Waals surface area contributed by atoms with Gasteiger partial charge in [-0.15, -0.1) is 0 Å². The monoisotopic (exact) mass is 400 g/mol. The summed E-state index contributed by atoms with van der Waals surface area (Å²) in [6, 6.07) is 0.